The zero-order valence-electron chi connectivity index (χ0n) is 24.9. The molecule has 4 rings (SSSR count). The number of carbonyl (C=O) groups excluding carboxylic acids is 1. The number of anilines is 2. The molecule has 1 aliphatic heterocycles. The summed E-state index contributed by atoms with van der Waals surface area (Å²) in [7, 11) is 1.62. The summed E-state index contributed by atoms with van der Waals surface area (Å²) in [5, 5.41) is 13.5. The van der Waals surface area contributed by atoms with E-state index in [4.69, 9.17) is 9.84 Å². The Balaban J connectivity index is 1.89. The zero-order chi connectivity index (χ0) is 33.3. The fraction of sp³-hybridized carbons (Fsp3) is 0.483. The molecule has 16 heteroatoms. The van der Waals surface area contributed by atoms with Crippen LogP contribution in [0.5, 0.6) is 0 Å². The van der Waals surface area contributed by atoms with Gasteiger partial charge in [-0.15, -0.1) is 0 Å². The van der Waals surface area contributed by atoms with Gasteiger partial charge < -0.3 is 14.7 Å². The van der Waals surface area contributed by atoms with Gasteiger partial charge in [-0.25, -0.2) is 14.8 Å². The third-order valence-electron chi connectivity index (χ3n) is 7.55. The molecule has 0 aliphatic carbocycles. The molecule has 2 atom stereocenters. The lowest BCUT2D eigenvalue weighted by molar-refractivity contribution is -0.143. The number of carbonyl (C=O) groups is 2. The maximum Gasteiger partial charge on any atom is 0.416 e. The second-order valence-electron chi connectivity index (χ2n) is 10.7. The van der Waals surface area contributed by atoms with Crippen LogP contribution in [0.15, 0.2) is 30.6 Å². The molecule has 2 aromatic heterocycles. The Morgan fingerprint density at radius 2 is 1.62 bits per heavy atom. The number of carboxylic acid groups (broad SMARTS) is 1. The van der Waals surface area contributed by atoms with Gasteiger partial charge in [0, 0.05) is 44.0 Å². The highest BCUT2D eigenvalue weighted by atomic mass is 19.4. The molecule has 10 nitrogen and oxygen atoms in total. The molecule has 1 N–H and O–H groups in total. The van der Waals surface area contributed by atoms with Crippen molar-refractivity contribution >= 4 is 23.8 Å². The van der Waals surface area contributed by atoms with Gasteiger partial charge >= 0.3 is 24.4 Å². The molecule has 1 aliphatic rings. The SMILES string of the molecule is CCOC(=O)N1c2c(c(C)nn2C)C(N(Cc2cc(C(F)(F)F)cc(C(F)(F)F)c2)c2ncc(CCC(=O)O)cn2)CC1CC. The predicted octanol–water partition coefficient (Wildman–Crippen LogP) is 6.47. The first kappa shape index (κ1) is 33.5. The van der Waals surface area contributed by atoms with E-state index in [1.807, 2.05) is 6.92 Å². The Bertz CT molecular complexity index is 1510. The summed E-state index contributed by atoms with van der Waals surface area (Å²) in [5.74, 6) is -0.680. The van der Waals surface area contributed by atoms with Crippen LogP contribution in [0.2, 0.25) is 0 Å². The molecule has 1 amide bonds. The van der Waals surface area contributed by atoms with Crippen LogP contribution in [0.1, 0.15) is 72.7 Å². The predicted molar refractivity (Wildman–Crippen MR) is 150 cm³/mol. The van der Waals surface area contributed by atoms with Gasteiger partial charge in [0.05, 0.1) is 29.5 Å². The van der Waals surface area contributed by atoms with Crippen molar-refractivity contribution in [1.82, 2.24) is 19.7 Å². The number of halogens is 6. The van der Waals surface area contributed by atoms with E-state index in [0.29, 0.717) is 41.2 Å². The van der Waals surface area contributed by atoms with Crippen molar-refractivity contribution in [1.29, 1.82) is 0 Å². The van der Waals surface area contributed by atoms with Gasteiger partial charge in [-0.3, -0.25) is 14.4 Å². The number of amides is 1. The van der Waals surface area contributed by atoms with Crippen molar-refractivity contribution in [3.8, 4) is 0 Å². The van der Waals surface area contributed by atoms with E-state index in [1.54, 1.807) is 20.9 Å². The van der Waals surface area contributed by atoms with E-state index in [2.05, 4.69) is 15.1 Å². The Hall–Kier alpha value is -4.37. The number of nitrogens with zero attached hydrogens (tertiary/aromatic N) is 6. The summed E-state index contributed by atoms with van der Waals surface area (Å²) >= 11 is 0. The fourth-order valence-electron chi connectivity index (χ4n) is 5.56. The van der Waals surface area contributed by atoms with Crippen LogP contribution in [0.25, 0.3) is 0 Å². The number of fused-ring (bicyclic) bond motifs is 1. The first-order valence-electron chi connectivity index (χ1n) is 14.1. The lowest BCUT2D eigenvalue weighted by atomic mass is 9.90. The average molecular weight is 643 g/mol. The molecule has 244 valence electrons. The van der Waals surface area contributed by atoms with Gasteiger partial charge in [0.1, 0.15) is 5.82 Å². The molecule has 2 unspecified atom stereocenters. The zero-order valence-corrected chi connectivity index (χ0v) is 24.9. The molecule has 0 fully saturated rings. The van der Waals surface area contributed by atoms with Crippen molar-refractivity contribution in [2.24, 2.45) is 7.05 Å². The number of carboxylic acids is 1. The molecular formula is C29H32F6N6O4. The van der Waals surface area contributed by atoms with Gasteiger partial charge in [0.15, 0.2) is 0 Å². The van der Waals surface area contributed by atoms with E-state index in [0.717, 1.165) is 0 Å². The number of hydrogen-bond acceptors (Lipinski definition) is 7. The van der Waals surface area contributed by atoms with Crippen molar-refractivity contribution in [2.75, 3.05) is 16.4 Å². The van der Waals surface area contributed by atoms with Gasteiger partial charge in [0.25, 0.3) is 0 Å². The molecular weight excluding hydrogens is 610 g/mol. The van der Waals surface area contributed by atoms with Crippen LogP contribution in [0.4, 0.5) is 42.9 Å². The maximum absolute atomic E-state index is 13.7. The van der Waals surface area contributed by atoms with Crippen LogP contribution in [0, 0.1) is 6.92 Å². The van der Waals surface area contributed by atoms with E-state index < -0.39 is 54.2 Å². The van der Waals surface area contributed by atoms with Gasteiger partial charge in [-0.2, -0.15) is 31.4 Å². The summed E-state index contributed by atoms with van der Waals surface area (Å²) < 4.78 is 89.3. The molecule has 0 spiro atoms. The third-order valence-corrected chi connectivity index (χ3v) is 7.55. The lowest BCUT2D eigenvalue weighted by Gasteiger charge is -2.42. The molecule has 3 heterocycles. The summed E-state index contributed by atoms with van der Waals surface area (Å²) in [5.41, 5.74) is -1.75. The van der Waals surface area contributed by atoms with Crippen molar-refractivity contribution in [3.05, 3.63) is 64.1 Å². The quantitative estimate of drug-likeness (QED) is 0.265. The monoisotopic (exact) mass is 642 g/mol. The highest BCUT2D eigenvalue weighted by molar-refractivity contribution is 5.89. The number of aryl methyl sites for hydroxylation is 3. The normalized spacial score (nSPS) is 16.8. The fourth-order valence-corrected chi connectivity index (χ4v) is 5.56. The minimum absolute atomic E-state index is 0.0151. The Morgan fingerprint density at radius 1 is 1.02 bits per heavy atom. The van der Waals surface area contributed by atoms with Crippen molar-refractivity contribution in [3.63, 3.8) is 0 Å². The standard InChI is InChI=1S/C29H32F6N6O4/c1-5-21-12-22(24-16(3)38-39(4)25(24)41(21)27(44)45-6-2)40(26-36-13-17(14-37-26)7-8-23(42)43)15-18-9-19(28(30,31)32)11-20(10-18)29(33,34)35/h9-11,13-14,21-22H,5-8,12,15H2,1-4H3,(H,42,43). The van der Waals surface area contributed by atoms with Crippen LogP contribution in [-0.2, 0) is 41.9 Å². The second kappa shape index (κ2) is 12.9. The summed E-state index contributed by atoms with van der Waals surface area (Å²) in [6.07, 6.45) is -7.43. The molecule has 1 aromatic carbocycles. The maximum atomic E-state index is 13.7. The van der Waals surface area contributed by atoms with Crippen LogP contribution >= 0.6 is 0 Å². The summed E-state index contributed by atoms with van der Waals surface area (Å²) in [6.45, 7) is 4.82. The van der Waals surface area contributed by atoms with Gasteiger partial charge in [0.2, 0.25) is 5.95 Å². The third kappa shape index (κ3) is 7.31. The minimum atomic E-state index is -5.05. The largest absolute Gasteiger partial charge is 0.481 e. The highest BCUT2D eigenvalue weighted by Gasteiger charge is 2.43. The van der Waals surface area contributed by atoms with E-state index in [9.17, 15) is 35.9 Å². The van der Waals surface area contributed by atoms with E-state index in [1.165, 1.54) is 26.9 Å². The number of ether oxygens (including phenoxy) is 1. The Morgan fingerprint density at radius 3 is 2.13 bits per heavy atom. The average Bonchev–Trinajstić information content (AvgIpc) is 3.26. The van der Waals surface area contributed by atoms with Crippen molar-refractivity contribution in [2.45, 2.75) is 77.4 Å². The molecule has 45 heavy (non-hydrogen) atoms. The van der Waals surface area contributed by atoms with E-state index >= 15 is 0 Å². The Labute approximate surface area is 254 Å². The minimum Gasteiger partial charge on any atom is -0.481 e. The molecule has 3 aromatic rings. The number of alkyl halides is 6. The first-order valence-corrected chi connectivity index (χ1v) is 14.1. The summed E-state index contributed by atoms with van der Waals surface area (Å²) in [4.78, 5) is 35.8. The summed E-state index contributed by atoms with van der Waals surface area (Å²) in [6, 6.07) is 0.159. The molecule has 0 radical (unpaired) electrons. The molecule has 0 saturated carbocycles. The molecule has 0 bridgehead atoms. The second-order valence-corrected chi connectivity index (χ2v) is 10.7. The van der Waals surface area contributed by atoms with Crippen LogP contribution in [-0.4, -0.2) is 49.6 Å². The Kier molecular flexibility index (Phi) is 9.63. The van der Waals surface area contributed by atoms with E-state index in [-0.39, 0.29) is 43.4 Å². The van der Waals surface area contributed by atoms with Gasteiger partial charge in [-0.1, -0.05) is 6.92 Å². The highest BCUT2D eigenvalue weighted by Crippen LogP contribution is 2.45. The number of hydrogen-bond donors (Lipinski definition) is 1. The topological polar surface area (TPSA) is 114 Å². The van der Waals surface area contributed by atoms with Crippen LogP contribution in [0.3, 0.4) is 0 Å². The van der Waals surface area contributed by atoms with Gasteiger partial charge in [-0.05, 0) is 62.4 Å². The first-order chi connectivity index (χ1) is 21.0. The van der Waals surface area contributed by atoms with Crippen molar-refractivity contribution < 1.29 is 45.8 Å². The number of aliphatic carboxylic acids is 1. The number of rotatable bonds is 9. The number of aromatic nitrogens is 4. The lowest BCUT2D eigenvalue weighted by Crippen LogP contribution is -2.48. The number of benzene rings is 1. The molecule has 0 saturated heterocycles. The van der Waals surface area contributed by atoms with Crippen LogP contribution < -0.4 is 9.80 Å². The smallest absolute Gasteiger partial charge is 0.416 e.